The van der Waals surface area contributed by atoms with E-state index < -0.39 is 11.8 Å². The predicted molar refractivity (Wildman–Crippen MR) is 52.4 cm³/mol. The summed E-state index contributed by atoms with van der Waals surface area (Å²) >= 11 is 5.80. The Kier molecular flexibility index (Phi) is 2.60. The van der Waals surface area contributed by atoms with Crippen LogP contribution in [0.3, 0.4) is 0 Å². The Morgan fingerprint density at radius 2 is 1.87 bits per heavy atom. The summed E-state index contributed by atoms with van der Waals surface area (Å²) in [4.78, 5) is 7.23. The lowest BCUT2D eigenvalue weighted by Crippen LogP contribution is -1.89. The molecule has 0 aliphatic carbocycles. The molecule has 15 heavy (non-hydrogen) atoms. The van der Waals surface area contributed by atoms with Gasteiger partial charge in [0.15, 0.2) is 0 Å². The van der Waals surface area contributed by atoms with Crippen LogP contribution in [0.25, 0.3) is 11.3 Å². The first-order chi connectivity index (χ1) is 7.16. The van der Waals surface area contributed by atoms with Gasteiger partial charge in [0.2, 0.25) is 5.95 Å². The molecule has 76 valence electrons. The van der Waals surface area contributed by atoms with Gasteiger partial charge in [-0.05, 0) is 18.2 Å². The Labute approximate surface area is 89.6 Å². The maximum Gasteiger partial charge on any atom is 0.231 e. The highest BCUT2D eigenvalue weighted by molar-refractivity contribution is 6.33. The monoisotopic (exact) mass is 226 g/mol. The molecular weight excluding hydrogens is 222 g/mol. The highest BCUT2D eigenvalue weighted by Crippen LogP contribution is 2.26. The van der Waals surface area contributed by atoms with Crippen LogP contribution in [-0.4, -0.2) is 9.97 Å². The maximum absolute atomic E-state index is 12.7. The third kappa shape index (κ3) is 2.10. The topological polar surface area (TPSA) is 25.8 Å². The molecule has 0 amide bonds. The molecule has 0 spiro atoms. The van der Waals surface area contributed by atoms with Crippen LogP contribution in [0.4, 0.5) is 8.78 Å². The average molecular weight is 227 g/mol. The van der Waals surface area contributed by atoms with E-state index in [1.807, 2.05) is 0 Å². The zero-order valence-corrected chi connectivity index (χ0v) is 8.17. The molecule has 5 heteroatoms. The Hall–Kier alpha value is -1.55. The second-order valence-corrected chi connectivity index (χ2v) is 3.26. The van der Waals surface area contributed by atoms with Crippen molar-refractivity contribution in [1.82, 2.24) is 9.97 Å². The van der Waals surface area contributed by atoms with E-state index in [4.69, 9.17) is 11.6 Å². The van der Waals surface area contributed by atoms with Gasteiger partial charge in [0.05, 0.1) is 23.1 Å². The van der Waals surface area contributed by atoms with E-state index in [2.05, 4.69) is 9.97 Å². The zero-order chi connectivity index (χ0) is 10.8. The quantitative estimate of drug-likeness (QED) is 0.747. The van der Waals surface area contributed by atoms with Crippen molar-refractivity contribution in [3.05, 3.63) is 47.4 Å². The van der Waals surface area contributed by atoms with Gasteiger partial charge in [-0.25, -0.2) is 14.4 Å². The summed E-state index contributed by atoms with van der Waals surface area (Å²) in [6.07, 6.45) is 2.23. The molecule has 2 rings (SSSR count). The summed E-state index contributed by atoms with van der Waals surface area (Å²) in [5.41, 5.74) is 0.923. The van der Waals surface area contributed by atoms with Gasteiger partial charge in [0.1, 0.15) is 5.82 Å². The number of halogens is 3. The Bertz CT molecular complexity index is 485. The second-order valence-electron chi connectivity index (χ2n) is 2.85. The first kappa shape index (κ1) is 9.98. The third-order valence-electron chi connectivity index (χ3n) is 1.83. The molecule has 1 heterocycles. The van der Waals surface area contributed by atoms with E-state index in [0.717, 1.165) is 6.20 Å². The van der Waals surface area contributed by atoms with Crippen molar-refractivity contribution < 1.29 is 8.78 Å². The molecule has 0 bridgehead atoms. The molecule has 0 aliphatic heterocycles. The summed E-state index contributed by atoms with van der Waals surface area (Å²) in [6.45, 7) is 0. The lowest BCUT2D eigenvalue weighted by molar-refractivity contribution is 0.577. The van der Waals surface area contributed by atoms with Crippen molar-refractivity contribution in [3.8, 4) is 11.3 Å². The van der Waals surface area contributed by atoms with Gasteiger partial charge in [0.25, 0.3) is 0 Å². The van der Waals surface area contributed by atoms with Crippen molar-refractivity contribution in [2.24, 2.45) is 0 Å². The maximum atomic E-state index is 12.7. The van der Waals surface area contributed by atoms with Gasteiger partial charge in [-0.1, -0.05) is 11.6 Å². The standard InChI is InChI=1S/C10H5ClF2N2/c11-8-3-6(12)1-2-7(8)9-4-15-10(13)5-14-9/h1-5H. The molecule has 0 saturated carbocycles. The normalized spacial score (nSPS) is 10.3. The number of aromatic nitrogens is 2. The molecule has 0 saturated heterocycles. The molecule has 2 nitrogen and oxygen atoms in total. The summed E-state index contributed by atoms with van der Waals surface area (Å²) in [7, 11) is 0. The van der Waals surface area contributed by atoms with Crippen molar-refractivity contribution in [2.45, 2.75) is 0 Å². The molecule has 0 atom stereocenters. The predicted octanol–water partition coefficient (Wildman–Crippen LogP) is 3.08. The van der Waals surface area contributed by atoms with E-state index in [-0.39, 0.29) is 5.02 Å². The fraction of sp³-hybridized carbons (Fsp3) is 0. The number of hydrogen-bond acceptors (Lipinski definition) is 2. The molecule has 0 radical (unpaired) electrons. The summed E-state index contributed by atoms with van der Waals surface area (Å²) in [6, 6.07) is 3.90. The Morgan fingerprint density at radius 1 is 1.07 bits per heavy atom. The van der Waals surface area contributed by atoms with E-state index in [9.17, 15) is 8.78 Å². The minimum Gasteiger partial charge on any atom is -0.250 e. The van der Waals surface area contributed by atoms with E-state index in [1.165, 1.54) is 24.4 Å². The van der Waals surface area contributed by atoms with Crippen molar-refractivity contribution in [2.75, 3.05) is 0 Å². The van der Waals surface area contributed by atoms with Crippen LogP contribution in [0.15, 0.2) is 30.6 Å². The summed E-state index contributed by atoms with van der Waals surface area (Å²) in [5, 5.41) is 0.218. The van der Waals surface area contributed by atoms with E-state index in [1.54, 1.807) is 0 Å². The van der Waals surface area contributed by atoms with Crippen LogP contribution >= 0.6 is 11.6 Å². The van der Waals surface area contributed by atoms with E-state index >= 15 is 0 Å². The van der Waals surface area contributed by atoms with Gasteiger partial charge >= 0.3 is 0 Å². The molecule has 0 unspecified atom stereocenters. The minimum absolute atomic E-state index is 0.218. The molecule has 0 aliphatic rings. The molecule has 0 N–H and O–H groups in total. The average Bonchev–Trinajstić information content (AvgIpc) is 2.20. The lowest BCUT2D eigenvalue weighted by Gasteiger charge is -2.02. The molecule has 1 aromatic heterocycles. The van der Waals surface area contributed by atoms with Crippen LogP contribution < -0.4 is 0 Å². The molecule has 1 aromatic carbocycles. The number of nitrogens with zero attached hydrogens (tertiary/aromatic N) is 2. The van der Waals surface area contributed by atoms with Gasteiger partial charge in [-0.3, -0.25) is 0 Å². The van der Waals surface area contributed by atoms with Gasteiger partial charge in [0, 0.05) is 5.56 Å². The fourth-order valence-corrected chi connectivity index (χ4v) is 1.41. The highest BCUT2D eigenvalue weighted by atomic mass is 35.5. The largest absolute Gasteiger partial charge is 0.250 e. The molecule has 2 aromatic rings. The minimum atomic E-state index is -0.669. The SMILES string of the molecule is Fc1ccc(-c2cnc(F)cn2)c(Cl)c1. The lowest BCUT2D eigenvalue weighted by atomic mass is 10.1. The zero-order valence-electron chi connectivity index (χ0n) is 7.42. The second kappa shape index (κ2) is 3.90. The summed E-state index contributed by atoms with van der Waals surface area (Å²) in [5.74, 6) is -1.10. The highest BCUT2D eigenvalue weighted by Gasteiger charge is 2.06. The van der Waals surface area contributed by atoms with Crippen LogP contribution in [0.1, 0.15) is 0 Å². The summed E-state index contributed by atoms with van der Waals surface area (Å²) < 4.78 is 25.2. The van der Waals surface area contributed by atoms with Crippen LogP contribution in [-0.2, 0) is 0 Å². The Morgan fingerprint density at radius 3 is 2.47 bits per heavy atom. The van der Waals surface area contributed by atoms with Gasteiger partial charge in [-0.15, -0.1) is 0 Å². The van der Waals surface area contributed by atoms with Gasteiger partial charge < -0.3 is 0 Å². The van der Waals surface area contributed by atoms with Crippen molar-refractivity contribution in [1.29, 1.82) is 0 Å². The number of benzene rings is 1. The fourth-order valence-electron chi connectivity index (χ4n) is 1.15. The molecular formula is C10H5ClF2N2. The van der Waals surface area contributed by atoms with Gasteiger partial charge in [-0.2, -0.15) is 4.39 Å². The molecule has 0 fully saturated rings. The van der Waals surface area contributed by atoms with Crippen LogP contribution in [0, 0.1) is 11.8 Å². The number of rotatable bonds is 1. The Balaban J connectivity index is 2.49. The van der Waals surface area contributed by atoms with Crippen LogP contribution in [0.2, 0.25) is 5.02 Å². The number of hydrogen-bond donors (Lipinski definition) is 0. The van der Waals surface area contributed by atoms with Crippen molar-refractivity contribution in [3.63, 3.8) is 0 Å². The third-order valence-corrected chi connectivity index (χ3v) is 2.14. The first-order valence-electron chi connectivity index (χ1n) is 4.10. The van der Waals surface area contributed by atoms with E-state index in [0.29, 0.717) is 11.3 Å². The first-order valence-corrected chi connectivity index (χ1v) is 4.47. The smallest absolute Gasteiger partial charge is 0.231 e. The van der Waals surface area contributed by atoms with Crippen molar-refractivity contribution >= 4 is 11.6 Å². The van der Waals surface area contributed by atoms with Crippen LogP contribution in [0.5, 0.6) is 0 Å².